The molecule has 4 rings (SSSR count). The fourth-order valence-corrected chi connectivity index (χ4v) is 5.23. The van der Waals surface area contributed by atoms with Crippen molar-refractivity contribution in [2.45, 2.75) is 108 Å². The van der Waals surface area contributed by atoms with E-state index in [1.54, 1.807) is 0 Å². The van der Waals surface area contributed by atoms with Crippen LogP contribution in [-0.2, 0) is 23.7 Å². The molecule has 3 heterocycles. The smallest absolute Gasteiger partial charge is 0.158 e. The summed E-state index contributed by atoms with van der Waals surface area (Å²) in [5, 5.41) is 9.99. The van der Waals surface area contributed by atoms with Crippen LogP contribution in [0.2, 0.25) is 0 Å². The van der Waals surface area contributed by atoms with Crippen molar-refractivity contribution < 1.29 is 28.8 Å². The highest BCUT2D eigenvalue weighted by molar-refractivity contribution is 5.07. The second-order valence-corrected chi connectivity index (χ2v) is 8.96. The third-order valence-corrected chi connectivity index (χ3v) is 6.72. The molecule has 166 valence electrons. The molecule has 4 fully saturated rings. The van der Waals surface area contributed by atoms with Gasteiger partial charge in [0.05, 0.1) is 18.3 Å². The van der Waals surface area contributed by atoms with Crippen LogP contribution in [0.1, 0.15) is 71.1 Å². The van der Waals surface area contributed by atoms with E-state index in [1.807, 2.05) is 0 Å². The number of hydrogen-bond donors (Lipinski definition) is 1. The van der Waals surface area contributed by atoms with Crippen molar-refractivity contribution in [1.82, 2.24) is 0 Å². The molecule has 3 aliphatic heterocycles. The molecule has 29 heavy (non-hydrogen) atoms. The number of aliphatic hydroxyl groups is 1. The molecule has 0 radical (unpaired) electrons. The minimum atomic E-state index is -0.647. The van der Waals surface area contributed by atoms with E-state index >= 15 is 0 Å². The first-order valence-electron chi connectivity index (χ1n) is 11.8. The summed E-state index contributed by atoms with van der Waals surface area (Å²) in [6, 6.07) is 0. The number of hydrogen-bond acceptors (Lipinski definition) is 6. The lowest BCUT2D eigenvalue weighted by Crippen LogP contribution is -2.31. The molecule has 1 saturated carbocycles. The van der Waals surface area contributed by atoms with Gasteiger partial charge in [0.2, 0.25) is 0 Å². The zero-order chi connectivity index (χ0) is 20.1. The maximum absolute atomic E-state index is 9.99. The van der Waals surface area contributed by atoms with Crippen LogP contribution >= 0.6 is 0 Å². The SMILES string of the molecule is CCC[C@@H](/C=C/[C@@H]1[C@H]2CC(O)O[C@H]2C[C@H]1OC1CCCCO1)OC1CCCCO1. The molecule has 1 aliphatic carbocycles. The van der Waals surface area contributed by atoms with Crippen LogP contribution in [0.5, 0.6) is 0 Å². The normalized spacial score (nSPS) is 41.7. The van der Waals surface area contributed by atoms with Crippen LogP contribution in [0.15, 0.2) is 12.2 Å². The van der Waals surface area contributed by atoms with Gasteiger partial charge in [0.1, 0.15) is 0 Å². The highest BCUT2D eigenvalue weighted by Crippen LogP contribution is 2.45. The average molecular weight is 411 g/mol. The van der Waals surface area contributed by atoms with E-state index in [0.717, 1.165) is 64.6 Å². The van der Waals surface area contributed by atoms with Gasteiger partial charge in [-0.25, -0.2) is 0 Å². The number of rotatable bonds is 8. The predicted octanol–water partition coefficient (Wildman–Crippen LogP) is 3.91. The third-order valence-electron chi connectivity index (χ3n) is 6.72. The molecule has 0 aromatic heterocycles. The van der Waals surface area contributed by atoms with Gasteiger partial charge in [-0.2, -0.15) is 0 Å². The Kier molecular flexibility index (Phi) is 8.01. The highest BCUT2D eigenvalue weighted by Gasteiger charge is 2.49. The molecule has 1 N–H and O–H groups in total. The quantitative estimate of drug-likeness (QED) is 0.612. The molecule has 0 bridgehead atoms. The first kappa shape index (κ1) is 21.7. The number of aliphatic hydroxyl groups excluding tert-OH is 1. The molecule has 8 atom stereocenters. The van der Waals surface area contributed by atoms with Crippen LogP contribution in [0, 0.1) is 11.8 Å². The van der Waals surface area contributed by atoms with Crippen molar-refractivity contribution in [3.05, 3.63) is 12.2 Å². The molecular formula is C23H38O6. The molecule has 0 aromatic carbocycles. The topological polar surface area (TPSA) is 66.4 Å². The fourth-order valence-electron chi connectivity index (χ4n) is 5.23. The van der Waals surface area contributed by atoms with Gasteiger partial charge in [0.25, 0.3) is 0 Å². The third kappa shape index (κ3) is 5.81. The minimum absolute atomic E-state index is 0.0565. The van der Waals surface area contributed by atoms with Gasteiger partial charge in [0, 0.05) is 32.0 Å². The summed E-state index contributed by atoms with van der Waals surface area (Å²) in [5.41, 5.74) is 0. The summed E-state index contributed by atoms with van der Waals surface area (Å²) in [7, 11) is 0. The van der Waals surface area contributed by atoms with Gasteiger partial charge < -0.3 is 28.8 Å². The van der Waals surface area contributed by atoms with E-state index < -0.39 is 6.29 Å². The van der Waals surface area contributed by atoms with Gasteiger partial charge in [-0.1, -0.05) is 25.5 Å². The summed E-state index contributed by atoms with van der Waals surface area (Å²) >= 11 is 0. The van der Waals surface area contributed by atoms with E-state index in [9.17, 15) is 5.11 Å². The van der Waals surface area contributed by atoms with E-state index in [2.05, 4.69) is 19.1 Å². The first-order chi connectivity index (χ1) is 14.2. The standard InChI is InChI=1S/C23H38O6/c1-2-7-16(27-22-8-3-5-12-25-22)10-11-17-18-14-21(24)28-20(18)15-19(17)29-23-9-4-6-13-26-23/h10-11,16-24H,2-9,12-15H2,1H3/b11-10+/t16-,17+,18+,19+,20-,21?,22?,23?/m0/s1. The number of fused-ring (bicyclic) bond motifs is 1. The molecule has 4 aliphatic rings. The zero-order valence-corrected chi connectivity index (χ0v) is 17.7. The Balaban J connectivity index is 1.40. The van der Waals surface area contributed by atoms with Crippen LogP contribution in [0.25, 0.3) is 0 Å². The molecule has 6 heteroatoms. The first-order valence-corrected chi connectivity index (χ1v) is 11.8. The maximum atomic E-state index is 9.99. The summed E-state index contributed by atoms with van der Waals surface area (Å²) < 4.78 is 30.0. The Labute approximate surface area is 174 Å². The van der Waals surface area contributed by atoms with Crippen LogP contribution < -0.4 is 0 Å². The lowest BCUT2D eigenvalue weighted by molar-refractivity contribution is -0.196. The summed E-state index contributed by atoms with van der Waals surface area (Å²) in [5.74, 6) is 0.515. The average Bonchev–Trinajstić information content (AvgIpc) is 3.23. The summed E-state index contributed by atoms with van der Waals surface area (Å²) in [6.45, 7) is 3.77. The van der Waals surface area contributed by atoms with Gasteiger partial charge in [-0.3, -0.25) is 0 Å². The highest BCUT2D eigenvalue weighted by atomic mass is 16.7. The lowest BCUT2D eigenvalue weighted by atomic mass is 9.91. The second kappa shape index (κ2) is 10.7. The van der Waals surface area contributed by atoms with Crippen LogP contribution in [0.4, 0.5) is 0 Å². The Hall–Kier alpha value is -0.500. The molecule has 3 unspecified atom stereocenters. The van der Waals surface area contributed by atoms with Crippen molar-refractivity contribution in [1.29, 1.82) is 0 Å². The maximum Gasteiger partial charge on any atom is 0.158 e. The van der Waals surface area contributed by atoms with E-state index in [-0.39, 0.29) is 36.8 Å². The molecule has 0 amide bonds. The van der Waals surface area contributed by atoms with Gasteiger partial charge in [-0.15, -0.1) is 0 Å². The van der Waals surface area contributed by atoms with Gasteiger partial charge >= 0.3 is 0 Å². The Morgan fingerprint density at radius 2 is 1.79 bits per heavy atom. The Morgan fingerprint density at radius 3 is 2.48 bits per heavy atom. The lowest BCUT2D eigenvalue weighted by Gasteiger charge is -2.30. The summed E-state index contributed by atoms with van der Waals surface area (Å²) in [6.07, 6.45) is 13.9. The largest absolute Gasteiger partial charge is 0.368 e. The second-order valence-electron chi connectivity index (χ2n) is 8.96. The van der Waals surface area contributed by atoms with Crippen molar-refractivity contribution in [2.24, 2.45) is 11.8 Å². The predicted molar refractivity (Wildman–Crippen MR) is 108 cm³/mol. The molecule has 0 aromatic rings. The zero-order valence-electron chi connectivity index (χ0n) is 17.7. The van der Waals surface area contributed by atoms with Crippen molar-refractivity contribution in [2.75, 3.05) is 13.2 Å². The monoisotopic (exact) mass is 410 g/mol. The van der Waals surface area contributed by atoms with Gasteiger partial charge in [0.15, 0.2) is 18.9 Å². The van der Waals surface area contributed by atoms with Crippen molar-refractivity contribution >= 4 is 0 Å². The van der Waals surface area contributed by atoms with E-state index in [1.165, 1.54) is 6.42 Å². The van der Waals surface area contributed by atoms with Crippen LogP contribution in [0.3, 0.4) is 0 Å². The van der Waals surface area contributed by atoms with Crippen molar-refractivity contribution in [3.8, 4) is 0 Å². The molecule has 3 saturated heterocycles. The Bertz CT molecular complexity index is 513. The van der Waals surface area contributed by atoms with Crippen LogP contribution in [-0.4, -0.2) is 55.5 Å². The van der Waals surface area contributed by atoms with Gasteiger partial charge in [-0.05, 0) is 50.9 Å². The molecular weight excluding hydrogens is 372 g/mol. The van der Waals surface area contributed by atoms with E-state index in [4.69, 9.17) is 23.7 Å². The molecule has 0 spiro atoms. The summed E-state index contributed by atoms with van der Waals surface area (Å²) in [4.78, 5) is 0. The number of ether oxygens (including phenoxy) is 5. The molecule has 6 nitrogen and oxygen atoms in total. The minimum Gasteiger partial charge on any atom is -0.368 e. The fraction of sp³-hybridized carbons (Fsp3) is 0.913. The Morgan fingerprint density at radius 1 is 1.03 bits per heavy atom. The van der Waals surface area contributed by atoms with Crippen molar-refractivity contribution in [3.63, 3.8) is 0 Å². The van der Waals surface area contributed by atoms with E-state index in [0.29, 0.717) is 12.3 Å².